The van der Waals surface area contributed by atoms with Gasteiger partial charge in [-0.15, -0.1) is 0 Å². The van der Waals surface area contributed by atoms with E-state index >= 15 is 0 Å². The minimum absolute atomic E-state index is 0.185. The molecule has 0 bridgehead atoms. The third-order valence-electron chi connectivity index (χ3n) is 1.67. The van der Waals surface area contributed by atoms with Crippen LogP contribution in [0.4, 0.5) is 8.78 Å². The van der Waals surface area contributed by atoms with Gasteiger partial charge < -0.3 is 4.74 Å². The number of rotatable bonds is 1. The zero-order valence-corrected chi connectivity index (χ0v) is 6.77. The molecule has 0 amide bonds. The fraction of sp³-hybridized carbons (Fsp3) is 0.857. The third-order valence-corrected chi connectivity index (χ3v) is 1.67. The molecule has 12 heavy (non-hydrogen) atoms. The van der Waals surface area contributed by atoms with Gasteiger partial charge in [0, 0.05) is 13.5 Å². The van der Waals surface area contributed by atoms with Crippen LogP contribution in [0.2, 0.25) is 0 Å². The topological polar surface area (TPSA) is 38.3 Å². The standard InChI is InChI=1S/C7H11F2NO2/c1-5(11)12-6-2-3-10-7(8,9)4-6/h6,10H,2-4H2,1H3. The maximum atomic E-state index is 12.6. The summed E-state index contributed by atoms with van der Waals surface area (Å²) >= 11 is 0. The highest BCUT2D eigenvalue weighted by molar-refractivity contribution is 5.66. The summed E-state index contributed by atoms with van der Waals surface area (Å²) in [5.41, 5.74) is 0. The highest BCUT2D eigenvalue weighted by atomic mass is 19.3. The normalized spacial score (nSPS) is 28.1. The van der Waals surface area contributed by atoms with E-state index in [4.69, 9.17) is 0 Å². The number of carbonyl (C=O) groups is 1. The molecule has 1 heterocycles. The summed E-state index contributed by atoms with van der Waals surface area (Å²) in [6, 6.07) is -2.89. The number of ether oxygens (including phenoxy) is 1. The van der Waals surface area contributed by atoms with Crippen LogP contribution in [0.5, 0.6) is 0 Å². The summed E-state index contributed by atoms with van der Waals surface area (Å²) in [6.45, 7) is 1.41. The highest BCUT2D eigenvalue weighted by Crippen LogP contribution is 2.24. The molecule has 1 aliphatic heterocycles. The van der Waals surface area contributed by atoms with Crippen LogP contribution in [0.3, 0.4) is 0 Å². The number of halogens is 2. The van der Waals surface area contributed by atoms with Crippen LogP contribution in [-0.2, 0) is 9.53 Å². The van der Waals surface area contributed by atoms with Gasteiger partial charge in [-0.3, -0.25) is 10.1 Å². The fourth-order valence-electron chi connectivity index (χ4n) is 1.21. The van der Waals surface area contributed by atoms with Crippen LogP contribution in [-0.4, -0.2) is 24.7 Å². The summed E-state index contributed by atoms with van der Waals surface area (Å²) in [4.78, 5) is 10.4. The summed E-state index contributed by atoms with van der Waals surface area (Å²) < 4.78 is 29.9. The number of alkyl halides is 2. The van der Waals surface area contributed by atoms with E-state index in [0.717, 1.165) is 0 Å². The van der Waals surface area contributed by atoms with Gasteiger partial charge in [-0.25, -0.2) is 0 Å². The molecule has 1 unspecified atom stereocenters. The van der Waals surface area contributed by atoms with Crippen molar-refractivity contribution in [2.24, 2.45) is 0 Å². The van der Waals surface area contributed by atoms with Crippen LogP contribution in [0.1, 0.15) is 19.8 Å². The van der Waals surface area contributed by atoms with Crippen LogP contribution in [0.25, 0.3) is 0 Å². The van der Waals surface area contributed by atoms with Crippen LogP contribution in [0.15, 0.2) is 0 Å². The first kappa shape index (κ1) is 9.38. The van der Waals surface area contributed by atoms with Crippen LogP contribution < -0.4 is 5.32 Å². The molecule has 1 rings (SSSR count). The predicted molar refractivity (Wildman–Crippen MR) is 37.7 cm³/mol. The highest BCUT2D eigenvalue weighted by Gasteiger charge is 2.37. The van der Waals surface area contributed by atoms with E-state index in [2.05, 4.69) is 4.74 Å². The van der Waals surface area contributed by atoms with Crippen LogP contribution in [0, 0.1) is 0 Å². The Labute approximate surface area is 69.1 Å². The quantitative estimate of drug-likeness (QED) is 0.480. The Morgan fingerprint density at radius 3 is 2.83 bits per heavy atom. The van der Waals surface area contributed by atoms with Crippen molar-refractivity contribution >= 4 is 5.97 Å². The van der Waals surface area contributed by atoms with Crippen molar-refractivity contribution in [3.63, 3.8) is 0 Å². The van der Waals surface area contributed by atoms with Crippen molar-refractivity contribution in [3.05, 3.63) is 0 Å². The Morgan fingerprint density at radius 1 is 1.67 bits per heavy atom. The second-order valence-electron chi connectivity index (χ2n) is 2.86. The van der Waals surface area contributed by atoms with Gasteiger partial charge in [0.05, 0.1) is 6.42 Å². The molecule has 5 heteroatoms. The van der Waals surface area contributed by atoms with E-state index in [9.17, 15) is 13.6 Å². The smallest absolute Gasteiger partial charge is 0.306 e. The van der Waals surface area contributed by atoms with Crippen molar-refractivity contribution in [2.75, 3.05) is 6.54 Å². The Bertz CT molecular complexity index is 184. The lowest BCUT2D eigenvalue weighted by molar-refractivity contribution is -0.157. The molecule has 0 saturated carbocycles. The van der Waals surface area contributed by atoms with Crippen molar-refractivity contribution in [1.82, 2.24) is 5.32 Å². The van der Waals surface area contributed by atoms with Crippen molar-refractivity contribution in [1.29, 1.82) is 0 Å². The minimum atomic E-state index is -2.89. The monoisotopic (exact) mass is 179 g/mol. The summed E-state index contributed by atoms with van der Waals surface area (Å²) in [7, 11) is 0. The molecule has 1 aliphatic rings. The average molecular weight is 179 g/mol. The number of nitrogens with one attached hydrogen (secondary N) is 1. The Hall–Kier alpha value is -0.710. The molecule has 0 aromatic carbocycles. The molecule has 0 spiro atoms. The molecular weight excluding hydrogens is 168 g/mol. The summed E-state index contributed by atoms with van der Waals surface area (Å²) in [5, 5.41) is 2.04. The SMILES string of the molecule is CC(=O)OC1CCNC(F)(F)C1. The first-order chi connectivity index (χ1) is 5.49. The molecule has 0 aliphatic carbocycles. The van der Waals surface area contributed by atoms with Crippen molar-refractivity contribution < 1.29 is 18.3 Å². The average Bonchev–Trinajstić information content (AvgIpc) is 1.82. The summed E-state index contributed by atoms with van der Waals surface area (Å²) in [6.07, 6.45) is -0.611. The molecular formula is C7H11F2NO2. The molecule has 0 radical (unpaired) electrons. The molecule has 1 saturated heterocycles. The van der Waals surface area contributed by atoms with Crippen molar-refractivity contribution in [3.8, 4) is 0 Å². The number of piperidine rings is 1. The number of hydrogen-bond donors (Lipinski definition) is 1. The van der Waals surface area contributed by atoms with Gasteiger partial charge in [0.2, 0.25) is 0 Å². The number of carbonyl (C=O) groups excluding carboxylic acids is 1. The van der Waals surface area contributed by atoms with Gasteiger partial charge >= 0.3 is 12.0 Å². The van der Waals surface area contributed by atoms with Crippen molar-refractivity contribution in [2.45, 2.75) is 31.9 Å². The van der Waals surface area contributed by atoms with Gasteiger partial charge in [0.15, 0.2) is 0 Å². The van der Waals surface area contributed by atoms with E-state index in [1.54, 1.807) is 0 Å². The van der Waals surface area contributed by atoms with Gasteiger partial charge in [-0.2, -0.15) is 8.78 Å². The molecule has 0 aromatic rings. The number of hydrogen-bond acceptors (Lipinski definition) is 3. The maximum Gasteiger partial charge on any atom is 0.306 e. The summed E-state index contributed by atoms with van der Waals surface area (Å²) in [5.74, 6) is -0.502. The minimum Gasteiger partial charge on any atom is -0.462 e. The molecule has 1 fully saturated rings. The van der Waals surface area contributed by atoms with E-state index in [1.165, 1.54) is 6.92 Å². The molecule has 1 atom stereocenters. The first-order valence-electron chi connectivity index (χ1n) is 3.80. The Balaban J connectivity index is 2.41. The van der Waals surface area contributed by atoms with Gasteiger partial charge in [-0.05, 0) is 6.42 Å². The second-order valence-corrected chi connectivity index (χ2v) is 2.86. The fourth-order valence-corrected chi connectivity index (χ4v) is 1.21. The molecule has 1 N–H and O–H groups in total. The lowest BCUT2D eigenvalue weighted by atomic mass is 10.1. The largest absolute Gasteiger partial charge is 0.462 e. The number of esters is 1. The maximum absolute atomic E-state index is 12.6. The molecule has 3 nitrogen and oxygen atoms in total. The first-order valence-corrected chi connectivity index (χ1v) is 3.80. The zero-order chi connectivity index (χ0) is 9.19. The predicted octanol–water partition coefficient (Wildman–Crippen LogP) is 0.894. The van der Waals surface area contributed by atoms with E-state index in [1.807, 2.05) is 5.32 Å². The van der Waals surface area contributed by atoms with E-state index in [0.29, 0.717) is 6.42 Å². The van der Waals surface area contributed by atoms with Gasteiger partial charge in [0.25, 0.3) is 0 Å². The van der Waals surface area contributed by atoms with Gasteiger partial charge in [-0.1, -0.05) is 0 Å². The van der Waals surface area contributed by atoms with Crippen LogP contribution >= 0.6 is 0 Å². The van der Waals surface area contributed by atoms with Gasteiger partial charge in [0.1, 0.15) is 6.10 Å². The second kappa shape index (κ2) is 3.35. The molecule has 70 valence electrons. The Kier molecular flexibility index (Phi) is 2.62. The zero-order valence-electron chi connectivity index (χ0n) is 6.77. The Morgan fingerprint density at radius 2 is 2.33 bits per heavy atom. The van der Waals surface area contributed by atoms with E-state index < -0.39 is 24.5 Å². The molecule has 0 aromatic heterocycles. The van der Waals surface area contributed by atoms with E-state index in [-0.39, 0.29) is 6.54 Å². The lowest BCUT2D eigenvalue weighted by Crippen LogP contribution is -2.47. The lowest BCUT2D eigenvalue weighted by Gasteiger charge is -2.29. The third kappa shape index (κ3) is 2.73.